The molecule has 0 atom stereocenters. The molecule has 0 aliphatic heterocycles. The molecule has 1 aromatic rings. The standard InChI is InChI=1S/C10H13N3O3/c1-12(2)10-9(13(14)15)5-8(6-11-10)16-7-3-4-7/h5-7H,3-4H2,1-2H3. The molecule has 16 heavy (non-hydrogen) atoms. The van der Waals surface area contributed by atoms with Gasteiger partial charge >= 0.3 is 5.69 Å². The smallest absolute Gasteiger partial charge is 0.315 e. The van der Waals surface area contributed by atoms with E-state index in [1.807, 2.05) is 0 Å². The number of hydrogen-bond donors (Lipinski definition) is 0. The predicted molar refractivity (Wildman–Crippen MR) is 58.9 cm³/mol. The zero-order valence-electron chi connectivity index (χ0n) is 9.21. The largest absolute Gasteiger partial charge is 0.489 e. The average Bonchev–Trinajstić information content (AvgIpc) is 3.01. The first-order valence-electron chi connectivity index (χ1n) is 5.06. The molecule has 1 aromatic heterocycles. The van der Waals surface area contributed by atoms with Crippen molar-refractivity contribution in [3.8, 4) is 5.75 Å². The fraction of sp³-hybridized carbons (Fsp3) is 0.500. The zero-order chi connectivity index (χ0) is 11.7. The Morgan fingerprint density at radius 1 is 1.56 bits per heavy atom. The number of anilines is 1. The molecule has 1 aliphatic rings. The van der Waals surface area contributed by atoms with Crippen LogP contribution in [0.15, 0.2) is 12.3 Å². The summed E-state index contributed by atoms with van der Waals surface area (Å²) >= 11 is 0. The molecule has 0 unspecified atom stereocenters. The normalized spacial score (nSPS) is 14.6. The van der Waals surface area contributed by atoms with Gasteiger partial charge < -0.3 is 9.64 Å². The van der Waals surface area contributed by atoms with E-state index < -0.39 is 4.92 Å². The highest BCUT2D eigenvalue weighted by molar-refractivity contribution is 5.58. The van der Waals surface area contributed by atoms with Crippen LogP contribution in [0.3, 0.4) is 0 Å². The first-order valence-corrected chi connectivity index (χ1v) is 5.06. The highest BCUT2D eigenvalue weighted by Crippen LogP contribution is 2.32. The lowest BCUT2D eigenvalue weighted by atomic mass is 10.3. The van der Waals surface area contributed by atoms with E-state index in [-0.39, 0.29) is 11.8 Å². The van der Waals surface area contributed by atoms with Crippen LogP contribution in [-0.4, -0.2) is 30.1 Å². The van der Waals surface area contributed by atoms with Crippen LogP contribution in [-0.2, 0) is 0 Å². The van der Waals surface area contributed by atoms with E-state index in [1.54, 1.807) is 19.0 Å². The Balaban J connectivity index is 2.30. The number of nitrogens with zero attached hydrogens (tertiary/aromatic N) is 3. The lowest BCUT2D eigenvalue weighted by Crippen LogP contribution is -2.13. The molecule has 1 saturated carbocycles. The molecule has 0 saturated heterocycles. The Kier molecular flexibility index (Phi) is 2.64. The summed E-state index contributed by atoms with van der Waals surface area (Å²) in [5, 5.41) is 10.9. The van der Waals surface area contributed by atoms with Crippen LogP contribution in [0, 0.1) is 10.1 Å². The Morgan fingerprint density at radius 3 is 2.75 bits per heavy atom. The molecule has 6 nitrogen and oxygen atoms in total. The molecule has 6 heteroatoms. The second-order valence-corrected chi connectivity index (χ2v) is 3.98. The van der Waals surface area contributed by atoms with Crippen LogP contribution in [0.1, 0.15) is 12.8 Å². The van der Waals surface area contributed by atoms with Crippen LogP contribution in [0.25, 0.3) is 0 Å². The molecule has 2 rings (SSSR count). The van der Waals surface area contributed by atoms with Crippen LogP contribution in [0.5, 0.6) is 5.75 Å². The number of rotatable bonds is 4. The minimum absolute atomic E-state index is 0.0249. The highest BCUT2D eigenvalue weighted by atomic mass is 16.6. The van der Waals surface area contributed by atoms with E-state index in [0.717, 1.165) is 12.8 Å². The number of pyridine rings is 1. The topological polar surface area (TPSA) is 68.5 Å². The SMILES string of the molecule is CN(C)c1ncc(OC2CC2)cc1[N+](=O)[O-]. The molecule has 0 bridgehead atoms. The van der Waals surface area contributed by atoms with Gasteiger partial charge in [-0.2, -0.15) is 0 Å². The Morgan fingerprint density at radius 2 is 2.25 bits per heavy atom. The Labute approximate surface area is 93.0 Å². The van der Waals surface area contributed by atoms with Crippen LogP contribution in [0.2, 0.25) is 0 Å². The number of aromatic nitrogens is 1. The molecule has 1 fully saturated rings. The third-order valence-corrected chi connectivity index (χ3v) is 2.27. The fourth-order valence-electron chi connectivity index (χ4n) is 1.35. The summed E-state index contributed by atoms with van der Waals surface area (Å²) in [6.45, 7) is 0. The lowest BCUT2D eigenvalue weighted by molar-refractivity contribution is -0.384. The van der Waals surface area contributed by atoms with Gasteiger partial charge in [-0.05, 0) is 12.8 Å². The molecular formula is C10H13N3O3. The van der Waals surface area contributed by atoms with Crippen LogP contribution >= 0.6 is 0 Å². The average molecular weight is 223 g/mol. The minimum Gasteiger partial charge on any atom is -0.489 e. The quantitative estimate of drug-likeness (QED) is 0.572. The summed E-state index contributed by atoms with van der Waals surface area (Å²) in [5.41, 5.74) is -0.0249. The summed E-state index contributed by atoms with van der Waals surface area (Å²) in [6, 6.07) is 1.43. The molecule has 1 aliphatic carbocycles. The van der Waals surface area contributed by atoms with Gasteiger partial charge in [-0.1, -0.05) is 0 Å². The number of nitro groups is 1. The van der Waals surface area contributed by atoms with Crippen LogP contribution < -0.4 is 9.64 Å². The van der Waals surface area contributed by atoms with Gasteiger partial charge in [0.05, 0.1) is 23.3 Å². The van der Waals surface area contributed by atoms with Crippen molar-refractivity contribution in [3.05, 3.63) is 22.4 Å². The van der Waals surface area contributed by atoms with Gasteiger partial charge in [0.2, 0.25) is 5.82 Å². The molecular weight excluding hydrogens is 210 g/mol. The number of ether oxygens (including phenoxy) is 1. The first kappa shape index (κ1) is 10.7. The van der Waals surface area contributed by atoms with Crippen molar-refractivity contribution in [2.24, 2.45) is 0 Å². The van der Waals surface area contributed by atoms with Crippen molar-refractivity contribution in [1.82, 2.24) is 4.98 Å². The maximum Gasteiger partial charge on any atom is 0.315 e. The maximum atomic E-state index is 10.9. The van der Waals surface area contributed by atoms with E-state index in [1.165, 1.54) is 12.3 Å². The molecule has 0 N–H and O–H groups in total. The molecule has 0 amide bonds. The monoisotopic (exact) mass is 223 g/mol. The van der Waals surface area contributed by atoms with Crippen molar-refractivity contribution >= 4 is 11.5 Å². The van der Waals surface area contributed by atoms with E-state index in [4.69, 9.17) is 4.74 Å². The zero-order valence-corrected chi connectivity index (χ0v) is 9.21. The van der Waals surface area contributed by atoms with Gasteiger partial charge in [0.1, 0.15) is 5.75 Å². The van der Waals surface area contributed by atoms with E-state index in [0.29, 0.717) is 11.6 Å². The highest BCUT2D eigenvalue weighted by Gasteiger charge is 2.25. The predicted octanol–water partition coefficient (Wildman–Crippen LogP) is 1.60. The van der Waals surface area contributed by atoms with Gasteiger partial charge in [-0.25, -0.2) is 4.98 Å². The molecule has 0 aromatic carbocycles. The molecule has 86 valence electrons. The van der Waals surface area contributed by atoms with Gasteiger partial charge in [0.25, 0.3) is 0 Å². The van der Waals surface area contributed by atoms with Crippen molar-refractivity contribution in [2.45, 2.75) is 18.9 Å². The van der Waals surface area contributed by atoms with Gasteiger partial charge in [-0.15, -0.1) is 0 Å². The van der Waals surface area contributed by atoms with Gasteiger partial charge in [0.15, 0.2) is 0 Å². The van der Waals surface area contributed by atoms with Crippen LogP contribution in [0.4, 0.5) is 11.5 Å². The second kappa shape index (κ2) is 3.96. The third-order valence-electron chi connectivity index (χ3n) is 2.27. The Bertz CT molecular complexity index is 416. The van der Waals surface area contributed by atoms with E-state index in [2.05, 4.69) is 4.98 Å². The van der Waals surface area contributed by atoms with Gasteiger partial charge in [-0.3, -0.25) is 10.1 Å². The van der Waals surface area contributed by atoms with Crippen molar-refractivity contribution in [1.29, 1.82) is 0 Å². The lowest BCUT2D eigenvalue weighted by Gasteiger charge is -2.12. The minimum atomic E-state index is -0.442. The fourth-order valence-corrected chi connectivity index (χ4v) is 1.35. The summed E-state index contributed by atoms with van der Waals surface area (Å²) in [6.07, 6.45) is 3.78. The molecule has 0 radical (unpaired) electrons. The van der Waals surface area contributed by atoms with Gasteiger partial charge in [0, 0.05) is 14.1 Å². The maximum absolute atomic E-state index is 10.9. The summed E-state index contributed by atoms with van der Waals surface area (Å²) in [4.78, 5) is 16.1. The molecule has 0 spiro atoms. The van der Waals surface area contributed by atoms with Crippen molar-refractivity contribution in [2.75, 3.05) is 19.0 Å². The first-order chi connectivity index (χ1) is 7.58. The second-order valence-electron chi connectivity index (χ2n) is 3.98. The Hall–Kier alpha value is -1.85. The summed E-state index contributed by atoms with van der Waals surface area (Å²) in [5.74, 6) is 0.813. The van der Waals surface area contributed by atoms with E-state index >= 15 is 0 Å². The van der Waals surface area contributed by atoms with Crippen molar-refractivity contribution < 1.29 is 9.66 Å². The number of hydrogen-bond acceptors (Lipinski definition) is 5. The van der Waals surface area contributed by atoms with Crippen molar-refractivity contribution in [3.63, 3.8) is 0 Å². The summed E-state index contributed by atoms with van der Waals surface area (Å²) in [7, 11) is 3.44. The summed E-state index contributed by atoms with van der Waals surface area (Å²) < 4.78 is 5.47. The third kappa shape index (κ3) is 2.21. The molecule has 1 heterocycles. The van der Waals surface area contributed by atoms with E-state index in [9.17, 15) is 10.1 Å².